The maximum Gasteiger partial charge on any atom is 0.176 e. The second-order valence-corrected chi connectivity index (χ2v) is 7.20. The van der Waals surface area contributed by atoms with Gasteiger partial charge in [0.25, 0.3) is 0 Å². The Morgan fingerprint density at radius 3 is 2.50 bits per heavy atom. The minimum atomic E-state index is -0.770. The summed E-state index contributed by atoms with van der Waals surface area (Å²) in [5.41, 5.74) is 3.82. The third-order valence-electron chi connectivity index (χ3n) is 4.43. The summed E-state index contributed by atoms with van der Waals surface area (Å²) in [6.45, 7) is 2.91. The van der Waals surface area contributed by atoms with Gasteiger partial charge in [0.15, 0.2) is 5.50 Å². The Hall–Kier alpha value is -2.57. The normalized spacial score (nSPS) is 18.0. The van der Waals surface area contributed by atoms with Gasteiger partial charge in [-0.2, -0.15) is 0 Å². The van der Waals surface area contributed by atoms with Crippen molar-refractivity contribution in [1.82, 2.24) is 19.9 Å². The predicted octanol–water partition coefficient (Wildman–Crippen LogP) is 3.93. The second-order valence-electron chi connectivity index (χ2n) is 6.27. The molecule has 6 heteroatoms. The molecule has 0 saturated heterocycles. The van der Waals surface area contributed by atoms with Crippen molar-refractivity contribution in [3.8, 4) is 0 Å². The summed E-state index contributed by atoms with van der Waals surface area (Å²) in [5.74, 6) is 0. The van der Waals surface area contributed by atoms with Crippen LogP contribution in [-0.2, 0) is 6.54 Å². The zero-order valence-corrected chi connectivity index (χ0v) is 15.3. The summed E-state index contributed by atoms with van der Waals surface area (Å²) in [6.07, 6.45) is 1.06. The summed E-state index contributed by atoms with van der Waals surface area (Å²) in [6, 6.07) is 19.9. The molecule has 4 rings (SSSR count). The van der Waals surface area contributed by atoms with Crippen LogP contribution in [0.15, 0.2) is 78.0 Å². The molecule has 1 unspecified atom stereocenters. The van der Waals surface area contributed by atoms with Crippen molar-refractivity contribution in [2.45, 2.75) is 25.1 Å². The van der Waals surface area contributed by atoms with Crippen molar-refractivity contribution in [3.05, 3.63) is 94.8 Å². The highest BCUT2D eigenvalue weighted by molar-refractivity contribution is 8.02. The van der Waals surface area contributed by atoms with Gasteiger partial charge in [0, 0.05) is 12.2 Å². The molecule has 1 aliphatic heterocycles. The van der Waals surface area contributed by atoms with Crippen LogP contribution in [0.25, 0.3) is 0 Å². The van der Waals surface area contributed by atoms with E-state index in [-0.39, 0.29) is 5.50 Å². The topological polar surface area (TPSA) is 54.2 Å². The van der Waals surface area contributed by atoms with E-state index in [0.717, 1.165) is 12.1 Å². The average Bonchev–Trinajstić information content (AvgIpc) is 3.30. The van der Waals surface area contributed by atoms with E-state index in [1.54, 1.807) is 11.8 Å². The van der Waals surface area contributed by atoms with E-state index in [1.807, 2.05) is 47.3 Å². The third kappa shape index (κ3) is 3.38. The van der Waals surface area contributed by atoms with Crippen LogP contribution in [0, 0.1) is 0 Å². The molecule has 0 spiro atoms. The molecular weight excluding hydrogens is 344 g/mol. The summed E-state index contributed by atoms with van der Waals surface area (Å²) in [7, 11) is 0. The van der Waals surface area contributed by atoms with E-state index < -0.39 is 6.10 Å². The highest BCUT2D eigenvalue weighted by Crippen LogP contribution is 2.39. The van der Waals surface area contributed by atoms with Gasteiger partial charge in [0.1, 0.15) is 11.8 Å². The Morgan fingerprint density at radius 1 is 1.08 bits per heavy atom. The molecule has 1 N–H and O–H groups in total. The van der Waals surface area contributed by atoms with Crippen molar-refractivity contribution in [1.29, 1.82) is 0 Å². The van der Waals surface area contributed by atoms with Gasteiger partial charge >= 0.3 is 0 Å². The zero-order chi connectivity index (χ0) is 17.9. The largest absolute Gasteiger partial charge is 0.382 e. The molecule has 5 nitrogen and oxygen atoms in total. The molecule has 2 atom stereocenters. The predicted molar refractivity (Wildman–Crippen MR) is 103 cm³/mol. The van der Waals surface area contributed by atoms with Crippen molar-refractivity contribution >= 4 is 11.8 Å². The summed E-state index contributed by atoms with van der Waals surface area (Å²) in [4.78, 5) is 2.29. The fourth-order valence-electron chi connectivity index (χ4n) is 2.99. The smallest absolute Gasteiger partial charge is 0.176 e. The lowest BCUT2D eigenvalue weighted by atomic mass is 10.1. The Labute approximate surface area is 157 Å². The molecule has 1 aliphatic rings. The number of hydrogen-bond donors (Lipinski definition) is 1. The maximum absolute atomic E-state index is 10.6. The van der Waals surface area contributed by atoms with Crippen LogP contribution < -0.4 is 0 Å². The first kappa shape index (κ1) is 16.9. The van der Waals surface area contributed by atoms with Crippen molar-refractivity contribution in [3.63, 3.8) is 0 Å². The zero-order valence-electron chi connectivity index (χ0n) is 14.4. The quantitative estimate of drug-likeness (QED) is 0.743. The second kappa shape index (κ2) is 7.35. The molecule has 2 aromatic carbocycles. The van der Waals surface area contributed by atoms with E-state index in [4.69, 9.17) is 0 Å². The van der Waals surface area contributed by atoms with Crippen LogP contribution >= 0.6 is 11.8 Å². The molecule has 0 bridgehead atoms. The number of aliphatic hydroxyl groups excluding tert-OH is 1. The van der Waals surface area contributed by atoms with Gasteiger partial charge in [-0.25, -0.2) is 4.68 Å². The van der Waals surface area contributed by atoms with Crippen LogP contribution in [0.4, 0.5) is 0 Å². The molecule has 3 aromatic rings. The number of thioether (sulfide) groups is 1. The average molecular weight is 364 g/mol. The van der Waals surface area contributed by atoms with Gasteiger partial charge in [-0.05, 0) is 23.5 Å². The number of aliphatic hydroxyl groups is 1. The monoisotopic (exact) mass is 364 g/mol. The van der Waals surface area contributed by atoms with Crippen molar-refractivity contribution < 1.29 is 5.11 Å². The maximum atomic E-state index is 10.6. The summed E-state index contributed by atoms with van der Waals surface area (Å²) < 4.78 is 1.82. The molecule has 2 heterocycles. The Morgan fingerprint density at radius 2 is 1.77 bits per heavy atom. The molecule has 0 fully saturated rings. The SMILES string of the molecule is CC1=CS[C@@H](n2cc(C(O)c3ccccc3)nn2)N1Cc1ccccc1. The fourth-order valence-corrected chi connectivity index (χ4v) is 4.06. The molecule has 1 aromatic heterocycles. The first-order valence-corrected chi connectivity index (χ1v) is 9.44. The first-order chi connectivity index (χ1) is 12.7. The van der Waals surface area contributed by atoms with Gasteiger partial charge in [-0.1, -0.05) is 77.6 Å². The highest BCUT2D eigenvalue weighted by Gasteiger charge is 2.28. The molecule has 0 aliphatic carbocycles. The highest BCUT2D eigenvalue weighted by atomic mass is 32.2. The van der Waals surface area contributed by atoms with E-state index in [9.17, 15) is 5.11 Å². The van der Waals surface area contributed by atoms with Crippen LogP contribution in [0.1, 0.15) is 35.3 Å². The first-order valence-electron chi connectivity index (χ1n) is 8.50. The number of hydrogen-bond acceptors (Lipinski definition) is 5. The third-order valence-corrected chi connectivity index (χ3v) is 5.62. The standard InChI is InChI=1S/C20H20N4OS/c1-15-14-26-20(23(15)12-16-8-4-2-5-9-16)24-13-18(21-22-24)19(25)17-10-6-3-7-11-17/h2-11,13-14,19-20,25H,12H2,1H3/t19?,20-/m1/s1. The van der Waals surface area contributed by atoms with Crippen LogP contribution in [0.5, 0.6) is 0 Å². The Kier molecular flexibility index (Phi) is 4.77. The molecule has 26 heavy (non-hydrogen) atoms. The molecule has 0 saturated carbocycles. The van der Waals surface area contributed by atoms with E-state index >= 15 is 0 Å². The van der Waals surface area contributed by atoms with Crippen LogP contribution in [-0.4, -0.2) is 25.0 Å². The number of benzene rings is 2. The fraction of sp³-hybridized carbons (Fsp3) is 0.200. The summed E-state index contributed by atoms with van der Waals surface area (Å²) >= 11 is 1.69. The number of nitrogens with zero attached hydrogens (tertiary/aromatic N) is 4. The molecule has 0 amide bonds. The Bertz CT molecular complexity index is 894. The summed E-state index contributed by atoms with van der Waals surface area (Å²) in [5, 5.41) is 21.2. The van der Waals surface area contributed by atoms with Gasteiger partial charge in [-0.15, -0.1) is 5.10 Å². The van der Waals surface area contributed by atoms with Crippen molar-refractivity contribution in [2.24, 2.45) is 0 Å². The lowest BCUT2D eigenvalue weighted by Gasteiger charge is -2.27. The van der Waals surface area contributed by atoms with E-state index in [1.165, 1.54) is 11.3 Å². The van der Waals surface area contributed by atoms with Gasteiger partial charge in [-0.3, -0.25) is 0 Å². The van der Waals surface area contributed by atoms with Crippen molar-refractivity contribution in [2.75, 3.05) is 0 Å². The number of rotatable bonds is 5. The minimum Gasteiger partial charge on any atom is -0.382 e. The molecule has 0 radical (unpaired) electrons. The molecular formula is C20H20N4OS. The van der Waals surface area contributed by atoms with Crippen LogP contribution in [0.2, 0.25) is 0 Å². The lowest BCUT2D eigenvalue weighted by molar-refractivity contribution is 0.215. The Balaban J connectivity index is 1.55. The lowest BCUT2D eigenvalue weighted by Crippen LogP contribution is -2.26. The van der Waals surface area contributed by atoms with E-state index in [0.29, 0.717) is 5.69 Å². The van der Waals surface area contributed by atoms with Gasteiger partial charge in [0.2, 0.25) is 0 Å². The van der Waals surface area contributed by atoms with Gasteiger partial charge < -0.3 is 10.0 Å². The van der Waals surface area contributed by atoms with E-state index in [2.05, 4.69) is 51.8 Å². The number of allylic oxidation sites excluding steroid dienone is 1. The van der Waals surface area contributed by atoms with Crippen LogP contribution in [0.3, 0.4) is 0 Å². The minimum absolute atomic E-state index is 0.000528. The molecule has 132 valence electrons. The number of aromatic nitrogens is 3. The van der Waals surface area contributed by atoms with Gasteiger partial charge in [0.05, 0.1) is 6.20 Å².